The topological polar surface area (TPSA) is 18.5 Å². The summed E-state index contributed by atoms with van der Waals surface area (Å²) in [6.45, 7) is 7.59. The van der Waals surface area contributed by atoms with Crippen LogP contribution in [0, 0.1) is 5.92 Å². The maximum absolute atomic E-state index is 13.2. The number of hydrogen-bond donors (Lipinski definition) is 0. The summed E-state index contributed by atoms with van der Waals surface area (Å²) in [5.74, 6) is 0.114. The highest BCUT2D eigenvalue weighted by atomic mass is 19.2. The Bertz CT molecular complexity index is 312. The van der Waals surface area contributed by atoms with Crippen LogP contribution in [-0.2, 0) is 0 Å². The molecule has 0 saturated heterocycles. The van der Waals surface area contributed by atoms with Gasteiger partial charge in [0.15, 0.2) is 0 Å². The molecule has 0 unspecified atom stereocenters. The monoisotopic (exact) mass is 226 g/mol. The number of halogens is 1. The van der Waals surface area contributed by atoms with Crippen LogP contribution in [0.25, 0.3) is 0 Å². The number of benzene rings is 1. The molecule has 1 rings (SSSR count). The van der Waals surface area contributed by atoms with Gasteiger partial charge in [0.05, 0.1) is 6.61 Å². The first-order valence-electron chi connectivity index (χ1n) is 5.47. The lowest BCUT2D eigenvalue weighted by Crippen LogP contribution is -2.20. The van der Waals surface area contributed by atoms with Gasteiger partial charge in [-0.1, -0.05) is 13.8 Å². The van der Waals surface area contributed by atoms with E-state index < -0.39 is 5.85 Å². The standard InChI is InChI=1S/C13H19FO2/c1-10(2)9-15-11-5-7-12(8-6-11)16-13(3,4)14/h5-8,10H,9H2,1-4H3. The van der Waals surface area contributed by atoms with Gasteiger partial charge in [-0.2, -0.15) is 4.39 Å². The highest BCUT2D eigenvalue weighted by molar-refractivity contribution is 5.31. The molecule has 16 heavy (non-hydrogen) atoms. The van der Waals surface area contributed by atoms with Gasteiger partial charge in [-0.05, 0) is 30.2 Å². The molecule has 0 aliphatic carbocycles. The molecule has 0 spiro atoms. The third kappa shape index (κ3) is 5.01. The number of rotatable bonds is 5. The quantitative estimate of drug-likeness (QED) is 0.760. The predicted molar refractivity (Wildman–Crippen MR) is 62.6 cm³/mol. The Kier molecular flexibility index (Phi) is 4.16. The third-order valence-corrected chi connectivity index (χ3v) is 1.77. The fraction of sp³-hybridized carbons (Fsp3) is 0.538. The van der Waals surface area contributed by atoms with Gasteiger partial charge >= 0.3 is 0 Å². The lowest BCUT2D eigenvalue weighted by molar-refractivity contribution is -0.0257. The van der Waals surface area contributed by atoms with Crippen LogP contribution in [0.1, 0.15) is 27.7 Å². The van der Waals surface area contributed by atoms with Crippen LogP contribution in [0.3, 0.4) is 0 Å². The number of ether oxygens (including phenoxy) is 2. The predicted octanol–water partition coefficient (Wildman–Crippen LogP) is 3.81. The van der Waals surface area contributed by atoms with Gasteiger partial charge in [0.25, 0.3) is 0 Å². The van der Waals surface area contributed by atoms with E-state index in [1.807, 2.05) is 0 Å². The Balaban J connectivity index is 2.54. The lowest BCUT2D eigenvalue weighted by atomic mass is 10.2. The van der Waals surface area contributed by atoms with E-state index in [-0.39, 0.29) is 0 Å². The van der Waals surface area contributed by atoms with E-state index in [9.17, 15) is 4.39 Å². The Hall–Kier alpha value is -1.25. The molecule has 0 bridgehead atoms. The van der Waals surface area contributed by atoms with Crippen molar-refractivity contribution < 1.29 is 13.9 Å². The normalized spacial score (nSPS) is 11.6. The van der Waals surface area contributed by atoms with Crippen molar-refractivity contribution >= 4 is 0 Å². The van der Waals surface area contributed by atoms with Gasteiger partial charge in [0.1, 0.15) is 11.5 Å². The molecule has 0 aliphatic heterocycles. The van der Waals surface area contributed by atoms with E-state index in [0.29, 0.717) is 18.3 Å². The maximum Gasteiger partial charge on any atom is 0.242 e. The van der Waals surface area contributed by atoms with E-state index in [0.717, 1.165) is 5.75 Å². The first kappa shape index (κ1) is 12.8. The molecule has 0 saturated carbocycles. The summed E-state index contributed by atoms with van der Waals surface area (Å²) in [4.78, 5) is 0. The van der Waals surface area contributed by atoms with Crippen molar-refractivity contribution in [3.63, 3.8) is 0 Å². The zero-order valence-corrected chi connectivity index (χ0v) is 10.3. The first-order chi connectivity index (χ1) is 7.37. The molecule has 0 heterocycles. The van der Waals surface area contributed by atoms with Crippen LogP contribution in [0.5, 0.6) is 11.5 Å². The molecule has 0 N–H and O–H groups in total. The molecule has 0 atom stereocenters. The second-order valence-corrected chi connectivity index (χ2v) is 4.64. The minimum absolute atomic E-state index is 0.487. The van der Waals surface area contributed by atoms with Crippen molar-refractivity contribution in [2.24, 2.45) is 5.92 Å². The molecular weight excluding hydrogens is 207 g/mol. The van der Waals surface area contributed by atoms with Crippen LogP contribution in [0.2, 0.25) is 0 Å². The van der Waals surface area contributed by atoms with Gasteiger partial charge in [-0.15, -0.1) is 0 Å². The molecule has 2 nitrogen and oxygen atoms in total. The highest BCUT2D eigenvalue weighted by Crippen LogP contribution is 2.22. The van der Waals surface area contributed by atoms with Crippen molar-refractivity contribution in [3.8, 4) is 11.5 Å². The van der Waals surface area contributed by atoms with Crippen molar-refractivity contribution in [1.82, 2.24) is 0 Å². The minimum atomic E-state index is -1.65. The Labute approximate surface area is 96.4 Å². The average Bonchev–Trinajstić information content (AvgIpc) is 2.14. The summed E-state index contributed by atoms with van der Waals surface area (Å²) < 4.78 is 23.7. The zero-order valence-electron chi connectivity index (χ0n) is 10.3. The van der Waals surface area contributed by atoms with Crippen LogP contribution in [0.15, 0.2) is 24.3 Å². The fourth-order valence-corrected chi connectivity index (χ4v) is 1.15. The van der Waals surface area contributed by atoms with Gasteiger partial charge in [-0.3, -0.25) is 0 Å². The summed E-state index contributed by atoms with van der Waals surface area (Å²) in [7, 11) is 0. The molecule has 1 aromatic rings. The summed E-state index contributed by atoms with van der Waals surface area (Å²) >= 11 is 0. The molecule has 0 aliphatic rings. The SMILES string of the molecule is CC(C)COc1ccc(OC(C)(C)F)cc1. The van der Waals surface area contributed by atoms with Gasteiger partial charge in [0, 0.05) is 13.8 Å². The summed E-state index contributed by atoms with van der Waals surface area (Å²) in [6.07, 6.45) is 0. The second kappa shape index (κ2) is 5.19. The molecule has 0 aromatic heterocycles. The minimum Gasteiger partial charge on any atom is -0.493 e. The molecule has 0 fully saturated rings. The average molecular weight is 226 g/mol. The Morgan fingerprint density at radius 1 is 1.12 bits per heavy atom. The van der Waals surface area contributed by atoms with Crippen molar-refractivity contribution in [2.45, 2.75) is 33.5 Å². The summed E-state index contributed by atoms with van der Waals surface area (Å²) in [5.41, 5.74) is 0. The zero-order chi connectivity index (χ0) is 12.2. The van der Waals surface area contributed by atoms with Crippen LogP contribution in [-0.4, -0.2) is 12.5 Å². The summed E-state index contributed by atoms with van der Waals surface area (Å²) in [5, 5.41) is 0. The molecule has 1 aromatic carbocycles. The number of hydrogen-bond acceptors (Lipinski definition) is 2. The Morgan fingerprint density at radius 3 is 2.06 bits per heavy atom. The molecular formula is C13H19FO2. The molecule has 3 heteroatoms. The van der Waals surface area contributed by atoms with Crippen molar-refractivity contribution in [3.05, 3.63) is 24.3 Å². The lowest BCUT2D eigenvalue weighted by Gasteiger charge is -2.17. The molecule has 90 valence electrons. The highest BCUT2D eigenvalue weighted by Gasteiger charge is 2.16. The van der Waals surface area contributed by atoms with E-state index in [2.05, 4.69) is 13.8 Å². The van der Waals surface area contributed by atoms with Gasteiger partial charge in [-0.25, -0.2) is 0 Å². The van der Waals surface area contributed by atoms with E-state index in [1.165, 1.54) is 13.8 Å². The summed E-state index contributed by atoms with van der Waals surface area (Å²) in [6, 6.07) is 6.97. The van der Waals surface area contributed by atoms with E-state index >= 15 is 0 Å². The van der Waals surface area contributed by atoms with Crippen molar-refractivity contribution in [2.75, 3.05) is 6.61 Å². The maximum atomic E-state index is 13.2. The fourth-order valence-electron chi connectivity index (χ4n) is 1.15. The van der Waals surface area contributed by atoms with Gasteiger partial charge < -0.3 is 9.47 Å². The van der Waals surface area contributed by atoms with Crippen LogP contribution < -0.4 is 9.47 Å². The van der Waals surface area contributed by atoms with Gasteiger partial charge in [0.2, 0.25) is 5.85 Å². The molecule has 0 amide bonds. The Morgan fingerprint density at radius 2 is 1.62 bits per heavy atom. The van der Waals surface area contributed by atoms with Crippen LogP contribution in [0.4, 0.5) is 4.39 Å². The van der Waals surface area contributed by atoms with Crippen LogP contribution >= 0.6 is 0 Å². The number of alkyl halides is 1. The van der Waals surface area contributed by atoms with E-state index in [4.69, 9.17) is 9.47 Å². The smallest absolute Gasteiger partial charge is 0.242 e. The largest absolute Gasteiger partial charge is 0.493 e. The first-order valence-corrected chi connectivity index (χ1v) is 5.47. The van der Waals surface area contributed by atoms with Crippen molar-refractivity contribution in [1.29, 1.82) is 0 Å². The van der Waals surface area contributed by atoms with E-state index in [1.54, 1.807) is 24.3 Å². The second-order valence-electron chi connectivity index (χ2n) is 4.64. The molecule has 0 radical (unpaired) electrons. The third-order valence-electron chi connectivity index (χ3n) is 1.77.